The predicted octanol–water partition coefficient (Wildman–Crippen LogP) is 5.81. The van der Waals surface area contributed by atoms with Crippen LogP contribution in [0.5, 0.6) is 11.5 Å². The molecule has 0 saturated carbocycles. The van der Waals surface area contributed by atoms with Crippen LogP contribution in [0.15, 0.2) is 72.9 Å². The number of aryl methyl sites for hydroxylation is 1. The van der Waals surface area contributed by atoms with Crippen molar-refractivity contribution in [3.8, 4) is 11.5 Å². The van der Waals surface area contributed by atoms with Gasteiger partial charge in [-0.3, -0.25) is 4.79 Å². The molecular formula is C28H30N2O3. The Bertz CT molecular complexity index is 1240. The molecule has 4 rings (SSSR count). The van der Waals surface area contributed by atoms with Crippen molar-refractivity contribution in [3.63, 3.8) is 0 Å². The molecule has 33 heavy (non-hydrogen) atoms. The van der Waals surface area contributed by atoms with Gasteiger partial charge in [0, 0.05) is 29.2 Å². The van der Waals surface area contributed by atoms with Gasteiger partial charge in [-0.05, 0) is 61.7 Å². The van der Waals surface area contributed by atoms with Gasteiger partial charge >= 0.3 is 0 Å². The summed E-state index contributed by atoms with van der Waals surface area (Å²) in [6.07, 6.45) is 2.00. The van der Waals surface area contributed by atoms with Crippen LogP contribution in [0.25, 0.3) is 10.9 Å². The van der Waals surface area contributed by atoms with Crippen LogP contribution >= 0.6 is 0 Å². The van der Waals surface area contributed by atoms with E-state index in [1.165, 1.54) is 0 Å². The molecule has 0 fully saturated rings. The number of likely N-dealkylation sites (N-methyl/N-ethyl adjacent to an activating group) is 1. The summed E-state index contributed by atoms with van der Waals surface area (Å²) in [5.41, 5.74) is 5.31. The van der Waals surface area contributed by atoms with Crippen LogP contribution in [0.3, 0.4) is 0 Å². The van der Waals surface area contributed by atoms with E-state index in [0.717, 1.165) is 44.7 Å². The van der Waals surface area contributed by atoms with Crippen molar-refractivity contribution < 1.29 is 14.3 Å². The minimum absolute atomic E-state index is 0.0207. The SMILES string of the molecule is CCN(C(=O)COc1cccc(C)c1C)[C@H](c1ccc(OC)cc1)c1c[nH]c2ccccc12. The Morgan fingerprint density at radius 1 is 1.00 bits per heavy atom. The zero-order valence-corrected chi connectivity index (χ0v) is 19.6. The van der Waals surface area contributed by atoms with Crippen LogP contribution in [0.4, 0.5) is 0 Å². The lowest BCUT2D eigenvalue weighted by Gasteiger charge is -2.31. The summed E-state index contributed by atoms with van der Waals surface area (Å²) in [5.74, 6) is 1.46. The fourth-order valence-electron chi connectivity index (χ4n) is 4.24. The standard InChI is InChI=1S/C28H30N2O3/c1-5-30(27(31)18-33-26-12-8-9-19(2)20(26)3)28(21-13-15-22(32-4)16-14-21)24-17-29-25-11-7-6-10-23(24)25/h6-17,28-29H,5,18H2,1-4H3/t28-/m1/s1. The van der Waals surface area contributed by atoms with Gasteiger partial charge in [0.1, 0.15) is 11.5 Å². The highest BCUT2D eigenvalue weighted by Gasteiger charge is 2.28. The summed E-state index contributed by atoms with van der Waals surface area (Å²) in [5, 5.41) is 1.10. The zero-order valence-electron chi connectivity index (χ0n) is 19.6. The number of carbonyl (C=O) groups excluding carboxylic acids is 1. The maximum absolute atomic E-state index is 13.5. The number of aromatic amines is 1. The molecule has 1 amide bonds. The summed E-state index contributed by atoms with van der Waals surface area (Å²) in [7, 11) is 1.65. The smallest absolute Gasteiger partial charge is 0.261 e. The second kappa shape index (κ2) is 9.82. The summed E-state index contributed by atoms with van der Waals surface area (Å²) in [6, 6.07) is 21.7. The van der Waals surface area contributed by atoms with E-state index in [-0.39, 0.29) is 18.6 Å². The minimum Gasteiger partial charge on any atom is -0.497 e. The Kier molecular flexibility index (Phi) is 6.68. The van der Waals surface area contributed by atoms with Crippen LogP contribution in [0, 0.1) is 13.8 Å². The molecule has 5 heteroatoms. The molecule has 170 valence electrons. The van der Waals surface area contributed by atoms with Gasteiger partial charge in [0.2, 0.25) is 0 Å². The van der Waals surface area contributed by atoms with Crippen LogP contribution < -0.4 is 9.47 Å². The quantitative estimate of drug-likeness (QED) is 0.375. The molecule has 1 N–H and O–H groups in total. The van der Waals surface area contributed by atoms with Gasteiger partial charge in [0.15, 0.2) is 6.61 Å². The maximum Gasteiger partial charge on any atom is 0.261 e. The molecule has 5 nitrogen and oxygen atoms in total. The highest BCUT2D eigenvalue weighted by Crippen LogP contribution is 2.34. The van der Waals surface area contributed by atoms with Crippen LogP contribution in [-0.4, -0.2) is 36.1 Å². The van der Waals surface area contributed by atoms with Crippen LogP contribution in [-0.2, 0) is 4.79 Å². The number of carbonyl (C=O) groups is 1. The van der Waals surface area contributed by atoms with Crippen molar-refractivity contribution in [2.24, 2.45) is 0 Å². The lowest BCUT2D eigenvalue weighted by molar-refractivity contribution is -0.134. The van der Waals surface area contributed by atoms with E-state index in [4.69, 9.17) is 9.47 Å². The normalized spacial score (nSPS) is 11.9. The first-order valence-corrected chi connectivity index (χ1v) is 11.2. The number of hydrogen-bond donors (Lipinski definition) is 1. The van der Waals surface area contributed by atoms with E-state index in [1.807, 2.05) is 92.5 Å². The summed E-state index contributed by atoms with van der Waals surface area (Å²) < 4.78 is 11.3. The number of ether oxygens (including phenoxy) is 2. The van der Waals surface area contributed by atoms with E-state index in [1.54, 1.807) is 7.11 Å². The van der Waals surface area contributed by atoms with Gasteiger partial charge in [0.25, 0.3) is 5.91 Å². The molecule has 0 bridgehead atoms. The van der Waals surface area contributed by atoms with E-state index in [9.17, 15) is 4.79 Å². The molecule has 1 atom stereocenters. The Labute approximate surface area is 195 Å². The van der Waals surface area contributed by atoms with Gasteiger partial charge in [-0.15, -0.1) is 0 Å². The first kappa shape index (κ1) is 22.5. The molecule has 0 unspecified atom stereocenters. The average Bonchev–Trinajstić information content (AvgIpc) is 3.27. The van der Waals surface area contributed by atoms with Gasteiger partial charge < -0.3 is 19.4 Å². The van der Waals surface area contributed by atoms with Crippen molar-refractivity contribution in [2.75, 3.05) is 20.3 Å². The summed E-state index contributed by atoms with van der Waals surface area (Å²) in [6.45, 7) is 6.58. The number of nitrogens with zero attached hydrogens (tertiary/aromatic N) is 1. The van der Waals surface area contributed by atoms with Gasteiger partial charge in [-0.2, -0.15) is 0 Å². The third-order valence-corrected chi connectivity index (χ3v) is 6.23. The van der Waals surface area contributed by atoms with Crippen molar-refractivity contribution >= 4 is 16.8 Å². The van der Waals surface area contributed by atoms with E-state index >= 15 is 0 Å². The van der Waals surface area contributed by atoms with Crippen LogP contribution in [0.1, 0.15) is 35.2 Å². The van der Waals surface area contributed by atoms with Crippen molar-refractivity contribution in [1.82, 2.24) is 9.88 Å². The van der Waals surface area contributed by atoms with Crippen molar-refractivity contribution in [1.29, 1.82) is 0 Å². The molecule has 1 aromatic heterocycles. The highest BCUT2D eigenvalue weighted by atomic mass is 16.5. The number of H-pyrrole nitrogens is 1. The molecule has 0 aliphatic heterocycles. The van der Waals surface area contributed by atoms with E-state index in [2.05, 4.69) is 11.1 Å². The number of hydrogen-bond acceptors (Lipinski definition) is 3. The highest BCUT2D eigenvalue weighted by molar-refractivity contribution is 5.86. The van der Waals surface area contributed by atoms with Crippen molar-refractivity contribution in [3.05, 3.63) is 95.2 Å². The lowest BCUT2D eigenvalue weighted by Crippen LogP contribution is -2.38. The molecule has 0 aliphatic carbocycles. The molecule has 4 aromatic rings. The maximum atomic E-state index is 13.5. The monoisotopic (exact) mass is 442 g/mol. The number of fused-ring (bicyclic) bond motifs is 1. The van der Waals surface area contributed by atoms with E-state index < -0.39 is 0 Å². The second-order valence-corrected chi connectivity index (χ2v) is 8.13. The summed E-state index contributed by atoms with van der Waals surface area (Å²) >= 11 is 0. The molecule has 3 aromatic carbocycles. The number of nitrogens with one attached hydrogen (secondary N) is 1. The second-order valence-electron chi connectivity index (χ2n) is 8.13. The van der Waals surface area contributed by atoms with Gasteiger partial charge in [0.05, 0.1) is 13.2 Å². The fraction of sp³-hybridized carbons (Fsp3) is 0.250. The minimum atomic E-state index is -0.258. The number of rotatable bonds is 8. The molecule has 1 heterocycles. The van der Waals surface area contributed by atoms with Gasteiger partial charge in [-0.1, -0.05) is 42.5 Å². The predicted molar refractivity (Wildman–Crippen MR) is 132 cm³/mol. The number of aromatic nitrogens is 1. The molecule has 0 aliphatic rings. The number of methoxy groups -OCH3 is 1. The average molecular weight is 443 g/mol. The number of amides is 1. The Balaban J connectivity index is 1.69. The Morgan fingerprint density at radius 3 is 2.48 bits per heavy atom. The molecular weight excluding hydrogens is 412 g/mol. The lowest BCUT2D eigenvalue weighted by atomic mass is 9.96. The third-order valence-electron chi connectivity index (χ3n) is 6.23. The third kappa shape index (κ3) is 4.58. The Hall–Kier alpha value is -3.73. The zero-order chi connectivity index (χ0) is 23.4. The number of benzene rings is 3. The van der Waals surface area contributed by atoms with Crippen molar-refractivity contribution in [2.45, 2.75) is 26.8 Å². The number of para-hydroxylation sites is 1. The first-order chi connectivity index (χ1) is 16.0. The largest absolute Gasteiger partial charge is 0.497 e. The molecule has 0 radical (unpaired) electrons. The first-order valence-electron chi connectivity index (χ1n) is 11.2. The van der Waals surface area contributed by atoms with Crippen LogP contribution in [0.2, 0.25) is 0 Å². The van der Waals surface area contributed by atoms with Gasteiger partial charge in [-0.25, -0.2) is 0 Å². The topological polar surface area (TPSA) is 54.6 Å². The summed E-state index contributed by atoms with van der Waals surface area (Å²) in [4.78, 5) is 18.7. The van der Waals surface area contributed by atoms with E-state index in [0.29, 0.717) is 6.54 Å². The molecule has 0 spiro atoms. The Morgan fingerprint density at radius 2 is 1.76 bits per heavy atom. The molecule has 0 saturated heterocycles. The fourth-order valence-corrected chi connectivity index (χ4v) is 4.24.